The number of aliphatic hydroxyl groups excluding tert-OH is 3. The third-order valence-corrected chi connectivity index (χ3v) is 3.18. The first-order valence-electron chi connectivity index (χ1n) is 6.51. The molecule has 0 saturated carbocycles. The Morgan fingerprint density at radius 3 is 2.48 bits per heavy atom. The molecule has 0 aromatic carbocycles. The molecule has 1 aliphatic rings. The molecule has 0 unspecified atom stereocenters. The van der Waals surface area contributed by atoms with Gasteiger partial charge in [0.1, 0.15) is 30.2 Å². The number of rotatable bonds is 2. The third kappa shape index (κ3) is 3.29. The first-order chi connectivity index (χ1) is 10.9. The number of hydrogen-bond donors (Lipinski definition) is 7. The van der Waals surface area contributed by atoms with E-state index in [1.165, 1.54) is 17.2 Å². The van der Waals surface area contributed by atoms with E-state index >= 15 is 0 Å². The van der Waals surface area contributed by atoms with Gasteiger partial charge in [0, 0.05) is 0 Å². The van der Waals surface area contributed by atoms with Crippen molar-refractivity contribution < 1.29 is 20.1 Å². The van der Waals surface area contributed by atoms with Crippen LogP contribution in [0.1, 0.15) is 6.23 Å². The molecule has 0 radical (unpaired) electrons. The zero-order chi connectivity index (χ0) is 17.1. The molecule has 0 spiro atoms. The molecule has 2 aromatic heterocycles. The Labute approximate surface area is 130 Å². The summed E-state index contributed by atoms with van der Waals surface area (Å²) in [7, 11) is 0. The predicted molar refractivity (Wildman–Crippen MR) is 78.8 cm³/mol. The Morgan fingerprint density at radius 1 is 1.26 bits per heavy atom. The maximum absolute atomic E-state index is 9.95. The van der Waals surface area contributed by atoms with Crippen molar-refractivity contribution >= 4 is 22.9 Å². The van der Waals surface area contributed by atoms with Crippen molar-refractivity contribution in [1.29, 1.82) is 5.41 Å². The average molecular weight is 326 g/mol. The van der Waals surface area contributed by atoms with Gasteiger partial charge in [-0.2, -0.15) is 0 Å². The number of aromatic nitrogens is 4. The van der Waals surface area contributed by atoms with Crippen molar-refractivity contribution in [1.82, 2.24) is 19.5 Å². The van der Waals surface area contributed by atoms with Crippen molar-refractivity contribution in [3.63, 3.8) is 0 Å². The van der Waals surface area contributed by atoms with Gasteiger partial charge in [0.05, 0.1) is 12.9 Å². The fourth-order valence-electron chi connectivity index (χ4n) is 2.17. The third-order valence-electron chi connectivity index (χ3n) is 3.18. The van der Waals surface area contributed by atoms with E-state index in [-0.39, 0.29) is 11.8 Å². The molecule has 0 bridgehead atoms. The SMILES string of the molecule is N=C(N)N.Nc1ncnc2c1ncn2[C@@H]1O[C@H](CO)[C@@H](O)[C@H]1O. The molecular formula is C11H18N8O4. The molecule has 23 heavy (non-hydrogen) atoms. The quantitative estimate of drug-likeness (QED) is 0.217. The average Bonchev–Trinajstić information content (AvgIpc) is 3.02. The normalized spacial score (nSPS) is 26.7. The summed E-state index contributed by atoms with van der Waals surface area (Å²) in [5.74, 6) is -0.115. The number of nitrogens with zero attached hydrogens (tertiary/aromatic N) is 4. The molecular weight excluding hydrogens is 308 g/mol. The van der Waals surface area contributed by atoms with Crippen LogP contribution in [0.5, 0.6) is 0 Å². The van der Waals surface area contributed by atoms with Crippen molar-refractivity contribution in [3.8, 4) is 0 Å². The van der Waals surface area contributed by atoms with Crippen molar-refractivity contribution in [3.05, 3.63) is 12.7 Å². The fraction of sp³-hybridized carbons (Fsp3) is 0.455. The zero-order valence-electron chi connectivity index (χ0n) is 11.9. The van der Waals surface area contributed by atoms with Crippen LogP contribution in [0.2, 0.25) is 0 Å². The van der Waals surface area contributed by atoms with E-state index in [4.69, 9.17) is 21.0 Å². The number of anilines is 1. The largest absolute Gasteiger partial charge is 0.394 e. The lowest BCUT2D eigenvalue weighted by atomic mass is 10.1. The zero-order valence-corrected chi connectivity index (χ0v) is 11.9. The number of nitrogens with one attached hydrogen (secondary N) is 1. The number of ether oxygens (including phenoxy) is 1. The molecule has 0 amide bonds. The smallest absolute Gasteiger partial charge is 0.183 e. The van der Waals surface area contributed by atoms with E-state index in [9.17, 15) is 10.2 Å². The summed E-state index contributed by atoms with van der Waals surface area (Å²) >= 11 is 0. The van der Waals surface area contributed by atoms with Gasteiger partial charge in [0.25, 0.3) is 0 Å². The van der Waals surface area contributed by atoms with E-state index in [2.05, 4.69) is 26.4 Å². The number of guanidine groups is 1. The standard InChI is InChI=1S/C10H13N5O4.CH5N3/c11-8-5-9(13-2-12-8)15(3-14-5)10-7(18)6(17)4(1-16)19-10;2-1(3)4/h2-4,6-7,10,16-18H,1H2,(H2,11,12,13);(H5,2,3,4)/t4-,6-,7-,10-;/m1./s1. The second-order valence-electron chi connectivity index (χ2n) is 4.77. The van der Waals surface area contributed by atoms with Crippen LogP contribution in [0.3, 0.4) is 0 Å². The minimum Gasteiger partial charge on any atom is -0.394 e. The van der Waals surface area contributed by atoms with E-state index in [1.54, 1.807) is 0 Å². The number of fused-ring (bicyclic) bond motifs is 1. The monoisotopic (exact) mass is 326 g/mol. The van der Waals surface area contributed by atoms with Crippen molar-refractivity contribution in [2.75, 3.05) is 12.3 Å². The van der Waals surface area contributed by atoms with Crippen LogP contribution < -0.4 is 17.2 Å². The van der Waals surface area contributed by atoms with Crippen LogP contribution in [0.4, 0.5) is 5.82 Å². The molecule has 12 heteroatoms. The van der Waals surface area contributed by atoms with Crippen molar-refractivity contribution in [2.45, 2.75) is 24.5 Å². The molecule has 12 nitrogen and oxygen atoms in total. The molecule has 126 valence electrons. The van der Waals surface area contributed by atoms with Crippen LogP contribution in [-0.4, -0.2) is 65.7 Å². The van der Waals surface area contributed by atoms with Gasteiger partial charge in [-0.15, -0.1) is 0 Å². The summed E-state index contributed by atoms with van der Waals surface area (Å²) in [6, 6.07) is 0. The molecule has 3 heterocycles. The summed E-state index contributed by atoms with van der Waals surface area (Å²) < 4.78 is 6.85. The molecule has 1 aliphatic heterocycles. The van der Waals surface area contributed by atoms with Crippen LogP contribution in [0.25, 0.3) is 11.2 Å². The van der Waals surface area contributed by atoms with Gasteiger partial charge in [-0.05, 0) is 0 Å². The molecule has 3 rings (SSSR count). The molecule has 1 saturated heterocycles. The summed E-state index contributed by atoms with van der Waals surface area (Å²) in [6.45, 7) is -0.390. The fourth-order valence-corrected chi connectivity index (χ4v) is 2.17. The Bertz CT molecular complexity index is 688. The van der Waals surface area contributed by atoms with E-state index < -0.39 is 31.1 Å². The topological polar surface area (TPSA) is 215 Å². The summed E-state index contributed by atoms with van der Waals surface area (Å²) in [5, 5.41) is 34.8. The second-order valence-corrected chi connectivity index (χ2v) is 4.77. The lowest BCUT2D eigenvalue weighted by molar-refractivity contribution is -0.0511. The number of imidazole rings is 1. The lowest BCUT2D eigenvalue weighted by Gasteiger charge is -2.16. The highest BCUT2D eigenvalue weighted by Crippen LogP contribution is 2.31. The van der Waals surface area contributed by atoms with Crippen molar-refractivity contribution in [2.24, 2.45) is 11.5 Å². The van der Waals surface area contributed by atoms with Crippen LogP contribution >= 0.6 is 0 Å². The maximum atomic E-state index is 9.95. The minimum absolute atomic E-state index is 0.218. The Balaban J connectivity index is 0.000000433. The lowest BCUT2D eigenvalue weighted by Crippen LogP contribution is -2.33. The first kappa shape index (κ1) is 16.8. The van der Waals surface area contributed by atoms with Crippen LogP contribution in [-0.2, 0) is 4.74 Å². The Kier molecular flexibility index (Phi) is 4.90. The highest BCUT2D eigenvalue weighted by atomic mass is 16.6. The van der Waals surface area contributed by atoms with Gasteiger partial charge in [0.2, 0.25) is 0 Å². The van der Waals surface area contributed by atoms with Gasteiger partial charge in [0.15, 0.2) is 23.7 Å². The first-order valence-corrected chi connectivity index (χ1v) is 6.51. The maximum Gasteiger partial charge on any atom is 0.183 e. The molecule has 1 fully saturated rings. The summed E-state index contributed by atoms with van der Waals surface area (Å²) in [5.41, 5.74) is 15.4. The van der Waals surface area contributed by atoms with Gasteiger partial charge in [-0.1, -0.05) is 0 Å². The summed E-state index contributed by atoms with van der Waals surface area (Å²) in [4.78, 5) is 11.9. The van der Waals surface area contributed by atoms with Gasteiger partial charge >= 0.3 is 0 Å². The van der Waals surface area contributed by atoms with E-state index in [0.29, 0.717) is 11.2 Å². The molecule has 0 aliphatic carbocycles. The van der Waals surface area contributed by atoms with Gasteiger partial charge in [-0.3, -0.25) is 9.98 Å². The Hall–Kier alpha value is -2.54. The molecule has 10 N–H and O–H groups in total. The number of nitrogens with two attached hydrogens (primary N) is 3. The van der Waals surface area contributed by atoms with Gasteiger partial charge < -0.3 is 37.3 Å². The highest BCUT2D eigenvalue weighted by Gasteiger charge is 2.43. The van der Waals surface area contributed by atoms with E-state index in [0.717, 1.165) is 0 Å². The minimum atomic E-state index is -1.19. The number of nitrogen functional groups attached to an aromatic ring is 1. The second kappa shape index (κ2) is 6.70. The summed E-state index contributed by atoms with van der Waals surface area (Å²) in [6.07, 6.45) is -1.42. The molecule has 4 atom stereocenters. The Morgan fingerprint density at radius 2 is 1.91 bits per heavy atom. The molecule has 2 aromatic rings. The van der Waals surface area contributed by atoms with Gasteiger partial charge in [-0.25, -0.2) is 15.0 Å². The van der Waals surface area contributed by atoms with E-state index in [1.807, 2.05) is 0 Å². The van der Waals surface area contributed by atoms with Crippen LogP contribution in [0, 0.1) is 5.41 Å². The highest BCUT2D eigenvalue weighted by molar-refractivity contribution is 5.81. The number of hydrogen-bond acceptors (Lipinski definition) is 9. The van der Waals surface area contributed by atoms with Crippen LogP contribution in [0.15, 0.2) is 12.7 Å². The number of aliphatic hydroxyl groups is 3. The predicted octanol–water partition coefficient (Wildman–Crippen LogP) is -3.14.